The van der Waals surface area contributed by atoms with Gasteiger partial charge in [0.15, 0.2) is 0 Å². The number of carbonyl (C=O) groups is 1. The van der Waals surface area contributed by atoms with Gasteiger partial charge in [-0.3, -0.25) is 4.79 Å². The highest BCUT2D eigenvalue weighted by Crippen LogP contribution is 2.35. The molecule has 1 aromatic heterocycles. The molecule has 3 rings (SSSR count). The van der Waals surface area contributed by atoms with Gasteiger partial charge in [-0.15, -0.1) is 11.3 Å². The zero-order valence-corrected chi connectivity index (χ0v) is 15.5. The second-order valence-electron chi connectivity index (χ2n) is 6.17. The van der Waals surface area contributed by atoms with Crippen molar-refractivity contribution in [2.75, 3.05) is 19.1 Å². The lowest BCUT2D eigenvalue weighted by molar-refractivity contribution is 0.0992. The second kappa shape index (κ2) is 6.94. The van der Waals surface area contributed by atoms with E-state index >= 15 is 0 Å². The number of hydrogen-bond donors (Lipinski definition) is 0. The van der Waals surface area contributed by atoms with Crippen LogP contribution in [-0.4, -0.2) is 20.1 Å². The van der Waals surface area contributed by atoms with Gasteiger partial charge < -0.3 is 9.64 Å². The first-order valence-corrected chi connectivity index (χ1v) is 8.79. The predicted molar refractivity (Wildman–Crippen MR) is 101 cm³/mol. The lowest BCUT2D eigenvalue weighted by Crippen LogP contribution is -2.26. The van der Waals surface area contributed by atoms with Crippen LogP contribution in [0.3, 0.4) is 0 Å². The van der Waals surface area contributed by atoms with Crippen molar-refractivity contribution in [3.05, 3.63) is 63.8 Å². The largest absolute Gasteiger partial charge is 0.380 e. The number of ether oxygens (including phenoxy) is 1. The Morgan fingerprint density at radius 3 is 2.52 bits per heavy atom. The molecule has 1 heterocycles. The molecule has 0 N–H and O–H groups in total. The minimum atomic E-state index is -0.325. The van der Waals surface area contributed by atoms with Gasteiger partial charge in [-0.2, -0.15) is 0 Å². The van der Waals surface area contributed by atoms with Gasteiger partial charge in [-0.1, -0.05) is 12.1 Å². The van der Waals surface area contributed by atoms with Crippen molar-refractivity contribution in [2.24, 2.45) is 0 Å². The standard InChI is InChI=1S/C20H20FNO2S/c1-12-8-13(2)10-14(9-12)22(3)20(23)19-15(11-24-4)18-16(21)6-5-7-17(18)25-19/h5-10H,11H2,1-4H3. The van der Waals surface area contributed by atoms with E-state index < -0.39 is 0 Å². The summed E-state index contributed by atoms with van der Waals surface area (Å²) in [6.07, 6.45) is 0. The summed E-state index contributed by atoms with van der Waals surface area (Å²) >= 11 is 1.31. The molecular formula is C20H20FNO2S. The highest BCUT2D eigenvalue weighted by atomic mass is 32.1. The molecule has 130 valence electrons. The van der Waals surface area contributed by atoms with Crippen molar-refractivity contribution >= 4 is 33.0 Å². The van der Waals surface area contributed by atoms with Crippen molar-refractivity contribution in [1.29, 1.82) is 0 Å². The molecule has 0 atom stereocenters. The number of rotatable bonds is 4. The van der Waals surface area contributed by atoms with Gasteiger partial charge in [0.25, 0.3) is 5.91 Å². The summed E-state index contributed by atoms with van der Waals surface area (Å²) in [6.45, 7) is 4.20. The summed E-state index contributed by atoms with van der Waals surface area (Å²) in [5.41, 5.74) is 3.62. The number of aryl methyl sites for hydroxylation is 2. The Hall–Kier alpha value is -2.24. The molecule has 2 aromatic carbocycles. The molecule has 3 aromatic rings. The van der Waals surface area contributed by atoms with Gasteiger partial charge in [-0.25, -0.2) is 4.39 Å². The summed E-state index contributed by atoms with van der Waals surface area (Å²) < 4.78 is 20.3. The fourth-order valence-electron chi connectivity index (χ4n) is 3.04. The van der Waals surface area contributed by atoms with Crippen LogP contribution in [-0.2, 0) is 11.3 Å². The van der Waals surface area contributed by atoms with Crippen molar-refractivity contribution in [2.45, 2.75) is 20.5 Å². The summed E-state index contributed by atoms with van der Waals surface area (Å²) in [6, 6.07) is 10.9. The third-order valence-electron chi connectivity index (χ3n) is 4.14. The number of fused-ring (bicyclic) bond motifs is 1. The first-order chi connectivity index (χ1) is 11.9. The van der Waals surface area contributed by atoms with E-state index in [9.17, 15) is 9.18 Å². The molecule has 0 unspecified atom stereocenters. The molecule has 0 aliphatic heterocycles. The number of carbonyl (C=O) groups excluding carboxylic acids is 1. The van der Waals surface area contributed by atoms with Crippen LogP contribution < -0.4 is 4.90 Å². The van der Waals surface area contributed by atoms with E-state index in [1.165, 1.54) is 17.4 Å². The molecule has 1 amide bonds. The second-order valence-corrected chi connectivity index (χ2v) is 7.22. The summed E-state index contributed by atoms with van der Waals surface area (Å²) in [5, 5.41) is 0.478. The lowest BCUT2D eigenvalue weighted by atomic mass is 10.1. The van der Waals surface area contributed by atoms with Crippen molar-refractivity contribution in [3.63, 3.8) is 0 Å². The van der Waals surface area contributed by atoms with E-state index in [1.54, 1.807) is 25.1 Å². The quantitative estimate of drug-likeness (QED) is 0.652. The molecular weight excluding hydrogens is 337 g/mol. The number of nitrogens with zero attached hydrogens (tertiary/aromatic N) is 1. The Bertz CT molecular complexity index is 928. The number of halogens is 1. The molecule has 0 saturated carbocycles. The van der Waals surface area contributed by atoms with Gasteiger partial charge in [-0.05, 0) is 49.2 Å². The Morgan fingerprint density at radius 1 is 1.20 bits per heavy atom. The minimum absolute atomic E-state index is 0.155. The molecule has 0 aliphatic rings. The predicted octanol–water partition coefficient (Wildman–Crippen LogP) is 5.08. The molecule has 0 fully saturated rings. The maximum atomic E-state index is 14.3. The SMILES string of the molecule is COCc1c(C(=O)N(C)c2cc(C)cc(C)c2)sc2cccc(F)c12. The number of amides is 1. The van der Waals surface area contributed by atoms with Gasteiger partial charge in [0.1, 0.15) is 5.82 Å². The van der Waals surface area contributed by atoms with Crippen LogP contribution in [0.2, 0.25) is 0 Å². The third kappa shape index (κ3) is 3.30. The zero-order valence-electron chi connectivity index (χ0n) is 14.7. The highest BCUT2D eigenvalue weighted by molar-refractivity contribution is 7.21. The maximum absolute atomic E-state index is 14.3. The van der Waals surface area contributed by atoms with E-state index in [-0.39, 0.29) is 18.3 Å². The number of hydrogen-bond acceptors (Lipinski definition) is 3. The van der Waals surface area contributed by atoms with Crippen LogP contribution in [0.5, 0.6) is 0 Å². The zero-order chi connectivity index (χ0) is 18.1. The molecule has 3 nitrogen and oxygen atoms in total. The summed E-state index contributed by atoms with van der Waals surface area (Å²) in [7, 11) is 3.29. The fraction of sp³-hybridized carbons (Fsp3) is 0.250. The number of methoxy groups -OCH3 is 1. The number of anilines is 1. The molecule has 0 aliphatic carbocycles. The highest BCUT2D eigenvalue weighted by Gasteiger charge is 2.24. The van der Waals surface area contributed by atoms with E-state index in [1.807, 2.05) is 32.0 Å². The monoisotopic (exact) mass is 357 g/mol. The molecule has 0 saturated heterocycles. The van der Waals surface area contributed by atoms with E-state index in [2.05, 4.69) is 6.07 Å². The van der Waals surface area contributed by atoms with Gasteiger partial charge in [0, 0.05) is 35.5 Å². The molecule has 0 radical (unpaired) electrons. The van der Waals surface area contributed by atoms with Crippen LogP contribution >= 0.6 is 11.3 Å². The molecule has 25 heavy (non-hydrogen) atoms. The Balaban J connectivity index is 2.10. The lowest BCUT2D eigenvalue weighted by Gasteiger charge is -2.18. The Morgan fingerprint density at radius 2 is 1.88 bits per heavy atom. The Labute approximate surface area is 150 Å². The van der Waals surface area contributed by atoms with Crippen molar-refractivity contribution in [3.8, 4) is 0 Å². The van der Waals surface area contributed by atoms with E-state index in [0.717, 1.165) is 21.5 Å². The summed E-state index contributed by atoms with van der Waals surface area (Å²) in [5.74, 6) is -0.480. The van der Waals surface area contributed by atoms with Crippen LogP contribution in [0, 0.1) is 19.7 Å². The van der Waals surface area contributed by atoms with Gasteiger partial charge in [0.05, 0.1) is 11.5 Å². The minimum Gasteiger partial charge on any atom is -0.380 e. The smallest absolute Gasteiger partial charge is 0.268 e. The van der Waals surface area contributed by atoms with Crippen LogP contribution in [0.4, 0.5) is 10.1 Å². The molecule has 0 spiro atoms. The van der Waals surface area contributed by atoms with E-state index in [4.69, 9.17) is 4.74 Å². The van der Waals surface area contributed by atoms with Crippen LogP contribution in [0.15, 0.2) is 36.4 Å². The van der Waals surface area contributed by atoms with Crippen LogP contribution in [0.1, 0.15) is 26.4 Å². The number of benzene rings is 2. The first-order valence-electron chi connectivity index (χ1n) is 7.97. The van der Waals surface area contributed by atoms with Gasteiger partial charge >= 0.3 is 0 Å². The van der Waals surface area contributed by atoms with Crippen molar-refractivity contribution in [1.82, 2.24) is 0 Å². The number of thiophene rings is 1. The third-order valence-corrected chi connectivity index (χ3v) is 5.33. The van der Waals surface area contributed by atoms with Crippen molar-refractivity contribution < 1.29 is 13.9 Å². The molecule has 0 bridgehead atoms. The average molecular weight is 357 g/mol. The van der Waals surface area contributed by atoms with Gasteiger partial charge in [0.2, 0.25) is 0 Å². The van der Waals surface area contributed by atoms with E-state index in [0.29, 0.717) is 15.8 Å². The normalized spacial score (nSPS) is 11.1. The average Bonchev–Trinajstić information content (AvgIpc) is 2.93. The maximum Gasteiger partial charge on any atom is 0.268 e. The fourth-order valence-corrected chi connectivity index (χ4v) is 4.23. The summed E-state index contributed by atoms with van der Waals surface area (Å²) in [4.78, 5) is 15.2. The van der Waals surface area contributed by atoms with Crippen LogP contribution in [0.25, 0.3) is 10.1 Å². The first kappa shape index (κ1) is 17.6. The Kier molecular flexibility index (Phi) is 4.88. The molecule has 5 heteroatoms. The topological polar surface area (TPSA) is 29.5 Å².